The molecule has 0 bridgehead atoms. The van der Waals surface area contributed by atoms with E-state index < -0.39 is 17.6 Å². The standard InChI is InChI=1S/C17H14F2INO3/c1-8-7-24-16-10(8)6-11(17(22)23-2)15(14(16)19)21-13-4-3-9(20)5-12(13)18/h3-6,8,21H,7H2,1-2H3. The maximum absolute atomic E-state index is 14.9. The molecule has 126 valence electrons. The maximum Gasteiger partial charge on any atom is 0.340 e. The molecule has 1 N–H and O–H groups in total. The van der Waals surface area contributed by atoms with Gasteiger partial charge in [0.2, 0.25) is 0 Å². The number of hydrogen-bond donors (Lipinski definition) is 1. The van der Waals surface area contributed by atoms with Crippen molar-refractivity contribution in [2.24, 2.45) is 0 Å². The Kier molecular flexibility index (Phi) is 4.62. The molecule has 0 fully saturated rings. The topological polar surface area (TPSA) is 47.6 Å². The van der Waals surface area contributed by atoms with Crippen LogP contribution in [0.1, 0.15) is 28.8 Å². The van der Waals surface area contributed by atoms with Crippen molar-refractivity contribution >= 4 is 39.9 Å². The molecule has 1 atom stereocenters. The van der Waals surface area contributed by atoms with Crippen LogP contribution in [0.5, 0.6) is 5.75 Å². The molecule has 3 rings (SSSR count). The first-order chi connectivity index (χ1) is 11.4. The number of carbonyl (C=O) groups is 1. The SMILES string of the molecule is COC(=O)c1cc2c(c(F)c1Nc1ccc(I)cc1F)OCC2C. The second-order valence-electron chi connectivity index (χ2n) is 5.48. The highest BCUT2D eigenvalue weighted by Crippen LogP contribution is 2.42. The lowest BCUT2D eigenvalue weighted by Gasteiger charge is -2.15. The van der Waals surface area contributed by atoms with E-state index in [0.717, 1.165) is 0 Å². The van der Waals surface area contributed by atoms with Crippen LogP contribution in [0.25, 0.3) is 0 Å². The number of carbonyl (C=O) groups excluding carboxylic acids is 1. The van der Waals surface area contributed by atoms with Crippen molar-refractivity contribution in [3.63, 3.8) is 0 Å². The third kappa shape index (κ3) is 2.92. The van der Waals surface area contributed by atoms with Crippen LogP contribution >= 0.6 is 22.6 Å². The third-order valence-corrected chi connectivity index (χ3v) is 4.53. The summed E-state index contributed by atoms with van der Waals surface area (Å²) in [4.78, 5) is 12.1. The van der Waals surface area contributed by atoms with Gasteiger partial charge in [-0.1, -0.05) is 6.92 Å². The van der Waals surface area contributed by atoms with E-state index in [1.807, 2.05) is 29.5 Å². The quantitative estimate of drug-likeness (QED) is 0.555. The van der Waals surface area contributed by atoms with Gasteiger partial charge in [-0.05, 0) is 46.9 Å². The van der Waals surface area contributed by atoms with Gasteiger partial charge in [0.15, 0.2) is 11.6 Å². The van der Waals surface area contributed by atoms with Crippen LogP contribution in [0.4, 0.5) is 20.2 Å². The zero-order valence-electron chi connectivity index (χ0n) is 13.0. The van der Waals surface area contributed by atoms with Gasteiger partial charge < -0.3 is 14.8 Å². The summed E-state index contributed by atoms with van der Waals surface area (Å²) < 4.78 is 39.8. The number of fused-ring (bicyclic) bond motifs is 1. The highest BCUT2D eigenvalue weighted by molar-refractivity contribution is 14.1. The first kappa shape index (κ1) is 16.9. The van der Waals surface area contributed by atoms with Crippen LogP contribution in [0.15, 0.2) is 24.3 Å². The van der Waals surface area contributed by atoms with Crippen molar-refractivity contribution < 1.29 is 23.0 Å². The van der Waals surface area contributed by atoms with E-state index in [1.165, 1.54) is 25.3 Å². The summed E-state index contributed by atoms with van der Waals surface area (Å²) in [7, 11) is 1.21. The molecule has 1 aliphatic rings. The summed E-state index contributed by atoms with van der Waals surface area (Å²) in [6.45, 7) is 2.20. The maximum atomic E-state index is 14.9. The van der Waals surface area contributed by atoms with E-state index in [-0.39, 0.29) is 28.6 Å². The third-order valence-electron chi connectivity index (χ3n) is 3.85. The highest BCUT2D eigenvalue weighted by atomic mass is 127. The van der Waals surface area contributed by atoms with Crippen molar-refractivity contribution in [2.45, 2.75) is 12.8 Å². The molecule has 0 aliphatic carbocycles. The fourth-order valence-electron chi connectivity index (χ4n) is 2.58. The molecule has 0 aromatic heterocycles. The van der Waals surface area contributed by atoms with Gasteiger partial charge in [-0.15, -0.1) is 0 Å². The Morgan fingerprint density at radius 1 is 1.38 bits per heavy atom. The van der Waals surface area contributed by atoms with Gasteiger partial charge in [0, 0.05) is 15.1 Å². The Balaban J connectivity index is 2.13. The largest absolute Gasteiger partial charge is 0.489 e. The monoisotopic (exact) mass is 445 g/mol. The highest BCUT2D eigenvalue weighted by Gasteiger charge is 2.30. The minimum Gasteiger partial charge on any atom is -0.489 e. The fourth-order valence-corrected chi connectivity index (χ4v) is 3.03. The molecular formula is C17H14F2INO3. The molecule has 0 radical (unpaired) electrons. The minimum atomic E-state index is -0.727. The molecule has 0 amide bonds. The smallest absolute Gasteiger partial charge is 0.340 e. The van der Waals surface area contributed by atoms with Crippen LogP contribution in [-0.2, 0) is 4.74 Å². The average molecular weight is 445 g/mol. The van der Waals surface area contributed by atoms with Crippen molar-refractivity contribution in [1.29, 1.82) is 0 Å². The molecule has 2 aromatic rings. The number of halogens is 3. The molecule has 0 spiro atoms. The number of ether oxygens (including phenoxy) is 2. The Bertz CT molecular complexity index is 826. The molecule has 0 saturated heterocycles. The predicted octanol–water partition coefficient (Wildman–Crippen LogP) is 4.60. The summed E-state index contributed by atoms with van der Waals surface area (Å²) in [5.74, 6) is -1.93. The van der Waals surface area contributed by atoms with Crippen molar-refractivity contribution in [3.8, 4) is 5.75 Å². The predicted molar refractivity (Wildman–Crippen MR) is 94.0 cm³/mol. The lowest BCUT2D eigenvalue weighted by molar-refractivity contribution is 0.0601. The lowest BCUT2D eigenvalue weighted by Crippen LogP contribution is -2.09. The van der Waals surface area contributed by atoms with Gasteiger partial charge in [0.25, 0.3) is 0 Å². The number of rotatable bonds is 3. The minimum absolute atomic E-state index is 0.00375. The van der Waals surface area contributed by atoms with E-state index in [0.29, 0.717) is 15.7 Å². The van der Waals surface area contributed by atoms with E-state index in [4.69, 9.17) is 9.47 Å². The number of methoxy groups -OCH3 is 1. The van der Waals surface area contributed by atoms with Gasteiger partial charge in [-0.25, -0.2) is 13.6 Å². The number of esters is 1. The van der Waals surface area contributed by atoms with Gasteiger partial charge in [0.05, 0.1) is 30.7 Å². The Morgan fingerprint density at radius 3 is 2.79 bits per heavy atom. The molecular weight excluding hydrogens is 431 g/mol. The van der Waals surface area contributed by atoms with Crippen molar-refractivity contribution in [2.75, 3.05) is 19.0 Å². The summed E-state index contributed by atoms with van der Waals surface area (Å²) >= 11 is 1.97. The van der Waals surface area contributed by atoms with E-state index in [1.54, 1.807) is 6.07 Å². The number of nitrogens with one attached hydrogen (secondary N) is 1. The van der Waals surface area contributed by atoms with Gasteiger partial charge in [-0.3, -0.25) is 0 Å². The molecule has 0 saturated carbocycles. The summed E-state index contributed by atoms with van der Waals surface area (Å²) in [6.07, 6.45) is 0. The number of anilines is 2. The molecule has 1 unspecified atom stereocenters. The molecule has 4 nitrogen and oxygen atoms in total. The normalized spacial score (nSPS) is 15.6. The van der Waals surface area contributed by atoms with Crippen LogP contribution in [0.3, 0.4) is 0 Å². The Morgan fingerprint density at radius 2 is 2.12 bits per heavy atom. The van der Waals surface area contributed by atoms with Crippen LogP contribution < -0.4 is 10.1 Å². The first-order valence-electron chi connectivity index (χ1n) is 7.22. The zero-order valence-corrected chi connectivity index (χ0v) is 15.1. The molecule has 24 heavy (non-hydrogen) atoms. The first-order valence-corrected chi connectivity index (χ1v) is 8.29. The second-order valence-corrected chi connectivity index (χ2v) is 6.73. The summed E-state index contributed by atoms with van der Waals surface area (Å²) in [5, 5.41) is 2.66. The van der Waals surface area contributed by atoms with Gasteiger partial charge >= 0.3 is 5.97 Å². The Hall–Kier alpha value is -1.90. The second kappa shape index (κ2) is 6.54. The van der Waals surface area contributed by atoms with Crippen molar-refractivity contribution in [3.05, 3.63) is 50.6 Å². The fraction of sp³-hybridized carbons (Fsp3) is 0.235. The lowest BCUT2D eigenvalue weighted by atomic mass is 9.99. The van der Waals surface area contributed by atoms with E-state index in [2.05, 4.69) is 5.32 Å². The number of hydrogen-bond acceptors (Lipinski definition) is 4. The zero-order chi connectivity index (χ0) is 17.4. The summed E-state index contributed by atoms with van der Waals surface area (Å²) in [6, 6.07) is 6.00. The van der Waals surface area contributed by atoms with Gasteiger partial charge in [0.1, 0.15) is 5.82 Å². The van der Waals surface area contributed by atoms with Crippen LogP contribution in [0.2, 0.25) is 0 Å². The van der Waals surface area contributed by atoms with Crippen LogP contribution in [-0.4, -0.2) is 19.7 Å². The molecule has 2 aromatic carbocycles. The molecule has 1 heterocycles. The number of benzene rings is 2. The van der Waals surface area contributed by atoms with Crippen LogP contribution in [0, 0.1) is 15.2 Å². The van der Waals surface area contributed by atoms with E-state index in [9.17, 15) is 13.6 Å². The van der Waals surface area contributed by atoms with Gasteiger partial charge in [-0.2, -0.15) is 0 Å². The summed E-state index contributed by atoms with van der Waals surface area (Å²) in [5.41, 5.74) is 0.505. The molecule has 7 heteroatoms. The van der Waals surface area contributed by atoms with E-state index >= 15 is 0 Å². The van der Waals surface area contributed by atoms with Crippen molar-refractivity contribution in [1.82, 2.24) is 0 Å². The average Bonchev–Trinajstić information content (AvgIpc) is 2.92. The molecule has 1 aliphatic heterocycles. The Labute approximate surface area is 151 Å².